The first-order chi connectivity index (χ1) is 10.8. The molecule has 1 heterocycles. The number of hydrogen-bond donors (Lipinski definition) is 1. The Kier molecular flexibility index (Phi) is 4.91. The molecule has 0 spiro atoms. The van der Waals surface area contributed by atoms with Crippen LogP contribution < -0.4 is 5.32 Å². The van der Waals surface area contributed by atoms with E-state index in [1.54, 1.807) is 0 Å². The van der Waals surface area contributed by atoms with E-state index in [2.05, 4.69) is 47.8 Å². The zero-order chi connectivity index (χ0) is 15.2. The molecule has 1 aliphatic rings. The van der Waals surface area contributed by atoms with Gasteiger partial charge in [-0.2, -0.15) is 0 Å². The molecule has 116 valence electrons. The van der Waals surface area contributed by atoms with Crippen molar-refractivity contribution in [3.8, 4) is 0 Å². The molecule has 0 aromatic heterocycles. The van der Waals surface area contributed by atoms with Crippen LogP contribution in [0.25, 0.3) is 10.8 Å². The van der Waals surface area contributed by atoms with E-state index in [1.165, 1.54) is 16.3 Å². The molecule has 0 atom stereocenters. The third kappa shape index (κ3) is 3.57. The van der Waals surface area contributed by atoms with Crippen LogP contribution in [-0.2, 0) is 11.2 Å². The van der Waals surface area contributed by atoms with Crippen LogP contribution in [0.15, 0.2) is 42.5 Å². The average molecular weight is 298 g/mol. The summed E-state index contributed by atoms with van der Waals surface area (Å²) in [6, 6.07) is 14.7. The third-order valence-corrected chi connectivity index (χ3v) is 4.06. The lowest BCUT2D eigenvalue weighted by Gasteiger charge is -2.20. The fourth-order valence-electron chi connectivity index (χ4n) is 2.88. The summed E-state index contributed by atoms with van der Waals surface area (Å²) in [4.78, 5) is 14.0. The molecule has 0 saturated carbocycles. The molecule has 1 aliphatic heterocycles. The van der Waals surface area contributed by atoms with Crippen LogP contribution in [0.3, 0.4) is 0 Å². The van der Waals surface area contributed by atoms with Gasteiger partial charge in [0.25, 0.3) is 0 Å². The Hall–Kier alpha value is -2.07. The number of nitrogens with zero attached hydrogens (tertiary/aromatic N) is 1. The molecular formula is C18H22N2O2. The van der Waals surface area contributed by atoms with Crippen LogP contribution in [0.4, 0.5) is 4.79 Å². The Morgan fingerprint density at radius 2 is 1.95 bits per heavy atom. The van der Waals surface area contributed by atoms with Crippen molar-refractivity contribution in [2.75, 3.05) is 32.8 Å². The molecule has 1 saturated heterocycles. The smallest absolute Gasteiger partial charge is 0.317 e. The summed E-state index contributed by atoms with van der Waals surface area (Å²) < 4.78 is 5.38. The molecule has 3 rings (SSSR count). The van der Waals surface area contributed by atoms with E-state index in [4.69, 9.17) is 4.74 Å². The molecule has 22 heavy (non-hydrogen) atoms. The van der Waals surface area contributed by atoms with E-state index in [-0.39, 0.29) is 6.03 Å². The SMILES string of the molecule is O=C(NCCc1cccc2ccccc12)N1CCCOCC1. The highest BCUT2D eigenvalue weighted by atomic mass is 16.5. The number of nitrogens with one attached hydrogen (secondary N) is 1. The first kappa shape index (κ1) is 14.9. The van der Waals surface area contributed by atoms with Gasteiger partial charge in [-0.1, -0.05) is 42.5 Å². The predicted octanol–water partition coefficient (Wildman–Crippen LogP) is 2.81. The quantitative estimate of drug-likeness (QED) is 0.946. The first-order valence-corrected chi connectivity index (χ1v) is 7.92. The molecule has 4 heteroatoms. The molecule has 0 bridgehead atoms. The summed E-state index contributed by atoms with van der Waals surface area (Å²) >= 11 is 0. The molecule has 1 fully saturated rings. The van der Waals surface area contributed by atoms with Gasteiger partial charge in [-0.05, 0) is 29.2 Å². The van der Waals surface area contributed by atoms with Crippen LogP contribution in [-0.4, -0.2) is 43.8 Å². The van der Waals surface area contributed by atoms with Crippen LogP contribution in [0.2, 0.25) is 0 Å². The molecule has 0 unspecified atom stereocenters. The second kappa shape index (κ2) is 7.27. The van der Waals surface area contributed by atoms with Crippen molar-refractivity contribution in [3.05, 3.63) is 48.0 Å². The van der Waals surface area contributed by atoms with E-state index in [1.807, 2.05) is 4.90 Å². The monoisotopic (exact) mass is 298 g/mol. The zero-order valence-corrected chi connectivity index (χ0v) is 12.8. The first-order valence-electron chi connectivity index (χ1n) is 7.92. The van der Waals surface area contributed by atoms with Crippen LogP contribution >= 0.6 is 0 Å². The van der Waals surface area contributed by atoms with Crippen molar-refractivity contribution in [2.24, 2.45) is 0 Å². The van der Waals surface area contributed by atoms with Crippen molar-refractivity contribution in [3.63, 3.8) is 0 Å². The lowest BCUT2D eigenvalue weighted by atomic mass is 10.0. The van der Waals surface area contributed by atoms with Gasteiger partial charge in [0.2, 0.25) is 0 Å². The molecule has 2 amide bonds. The van der Waals surface area contributed by atoms with E-state index >= 15 is 0 Å². The minimum absolute atomic E-state index is 0.0192. The number of amides is 2. The van der Waals surface area contributed by atoms with Gasteiger partial charge in [-0.25, -0.2) is 4.79 Å². The number of carbonyl (C=O) groups is 1. The molecule has 2 aromatic carbocycles. The highest BCUT2D eigenvalue weighted by Gasteiger charge is 2.14. The predicted molar refractivity (Wildman–Crippen MR) is 88.1 cm³/mol. The fraction of sp³-hybridized carbons (Fsp3) is 0.389. The van der Waals surface area contributed by atoms with Crippen molar-refractivity contribution in [1.29, 1.82) is 0 Å². The van der Waals surface area contributed by atoms with E-state index in [9.17, 15) is 4.79 Å². The summed E-state index contributed by atoms with van der Waals surface area (Å²) in [5.41, 5.74) is 1.28. The van der Waals surface area contributed by atoms with E-state index < -0.39 is 0 Å². The molecule has 0 aliphatic carbocycles. The largest absolute Gasteiger partial charge is 0.380 e. The number of urea groups is 1. The number of fused-ring (bicyclic) bond motifs is 1. The van der Waals surface area contributed by atoms with Gasteiger partial charge in [0, 0.05) is 26.2 Å². The Balaban J connectivity index is 1.56. The van der Waals surface area contributed by atoms with Crippen LogP contribution in [0, 0.1) is 0 Å². The average Bonchev–Trinajstić information content (AvgIpc) is 2.84. The van der Waals surface area contributed by atoms with Gasteiger partial charge in [0.15, 0.2) is 0 Å². The van der Waals surface area contributed by atoms with Crippen LogP contribution in [0.1, 0.15) is 12.0 Å². The van der Waals surface area contributed by atoms with Gasteiger partial charge in [-0.3, -0.25) is 0 Å². The Morgan fingerprint density at radius 3 is 2.91 bits per heavy atom. The minimum atomic E-state index is 0.0192. The summed E-state index contributed by atoms with van der Waals surface area (Å²) in [5.74, 6) is 0. The van der Waals surface area contributed by atoms with Gasteiger partial charge in [0.05, 0.1) is 6.61 Å². The lowest BCUT2D eigenvalue weighted by molar-refractivity contribution is 0.142. The highest BCUT2D eigenvalue weighted by Crippen LogP contribution is 2.18. The maximum Gasteiger partial charge on any atom is 0.317 e. The second-order valence-corrected chi connectivity index (χ2v) is 5.57. The van der Waals surface area contributed by atoms with Crippen LogP contribution in [0.5, 0.6) is 0 Å². The Labute approximate surface area is 131 Å². The van der Waals surface area contributed by atoms with Crippen molar-refractivity contribution in [1.82, 2.24) is 10.2 Å². The molecular weight excluding hydrogens is 276 g/mol. The summed E-state index contributed by atoms with van der Waals surface area (Å²) in [7, 11) is 0. The van der Waals surface area contributed by atoms with Crippen molar-refractivity contribution in [2.45, 2.75) is 12.8 Å². The number of hydrogen-bond acceptors (Lipinski definition) is 2. The van der Waals surface area contributed by atoms with Crippen molar-refractivity contribution < 1.29 is 9.53 Å². The lowest BCUT2D eigenvalue weighted by Crippen LogP contribution is -2.42. The molecule has 2 aromatic rings. The molecule has 0 radical (unpaired) electrons. The van der Waals surface area contributed by atoms with Crippen molar-refractivity contribution >= 4 is 16.8 Å². The Morgan fingerprint density at radius 1 is 1.09 bits per heavy atom. The molecule has 4 nitrogen and oxygen atoms in total. The fourth-order valence-corrected chi connectivity index (χ4v) is 2.88. The maximum atomic E-state index is 12.2. The summed E-state index contributed by atoms with van der Waals surface area (Å²) in [6.07, 6.45) is 1.76. The van der Waals surface area contributed by atoms with Gasteiger partial charge in [0.1, 0.15) is 0 Å². The second-order valence-electron chi connectivity index (χ2n) is 5.57. The standard InChI is InChI=1S/C18H22N2O2/c21-18(20-11-4-13-22-14-12-20)19-10-9-16-7-3-6-15-5-1-2-8-17(15)16/h1-3,5-8H,4,9-14H2,(H,19,21). The highest BCUT2D eigenvalue weighted by molar-refractivity contribution is 5.85. The molecule has 1 N–H and O–H groups in total. The normalized spacial score (nSPS) is 15.5. The Bertz CT molecular complexity index is 629. The van der Waals surface area contributed by atoms with Gasteiger partial charge >= 0.3 is 6.03 Å². The van der Waals surface area contributed by atoms with E-state index in [0.29, 0.717) is 19.7 Å². The van der Waals surface area contributed by atoms with Gasteiger partial charge < -0.3 is 15.0 Å². The number of benzene rings is 2. The van der Waals surface area contributed by atoms with Gasteiger partial charge in [-0.15, -0.1) is 0 Å². The number of carbonyl (C=O) groups excluding carboxylic acids is 1. The number of rotatable bonds is 3. The number of ether oxygens (including phenoxy) is 1. The topological polar surface area (TPSA) is 41.6 Å². The third-order valence-electron chi connectivity index (χ3n) is 4.06. The summed E-state index contributed by atoms with van der Waals surface area (Å²) in [6.45, 7) is 3.50. The maximum absolute atomic E-state index is 12.2. The van der Waals surface area contributed by atoms with E-state index in [0.717, 1.165) is 26.0 Å². The summed E-state index contributed by atoms with van der Waals surface area (Å²) in [5, 5.41) is 5.54. The minimum Gasteiger partial charge on any atom is -0.380 e. The zero-order valence-electron chi connectivity index (χ0n) is 12.8.